The van der Waals surface area contributed by atoms with E-state index in [-0.39, 0.29) is 32.3 Å². The van der Waals surface area contributed by atoms with Gasteiger partial charge in [-0.2, -0.15) is 0 Å². The third kappa shape index (κ3) is 8.69. The van der Waals surface area contributed by atoms with Gasteiger partial charge in [0, 0.05) is 25.7 Å². The lowest BCUT2D eigenvalue weighted by atomic mass is 10.0. The van der Waals surface area contributed by atoms with Crippen LogP contribution in [0.1, 0.15) is 79.1 Å². The monoisotopic (exact) mass is 430 g/mol. The molecule has 1 aliphatic heterocycles. The van der Waals surface area contributed by atoms with Gasteiger partial charge in [-0.3, -0.25) is 19.2 Å². The summed E-state index contributed by atoms with van der Waals surface area (Å²) in [6, 6.07) is 0. The third-order valence-corrected chi connectivity index (χ3v) is 4.27. The zero-order valence-corrected chi connectivity index (χ0v) is 18.3. The topological polar surface area (TPSA) is 114 Å². The first-order chi connectivity index (χ1) is 14.4. The van der Waals surface area contributed by atoms with Crippen molar-refractivity contribution >= 4 is 23.9 Å². The van der Waals surface area contributed by atoms with Crippen LogP contribution in [0.5, 0.6) is 0 Å². The van der Waals surface area contributed by atoms with Gasteiger partial charge in [-0.25, -0.2) is 0 Å². The standard InChI is InChI=1S/C21H34O9/c1-5-9-15(22)27-14-13-26-21(30-18(25)12-8-4)20(29-17(24)11-7-3)19(14)28-16(23)10-6-2/h14,19-21H,5-13H2,1-4H3. The van der Waals surface area contributed by atoms with Crippen molar-refractivity contribution in [3.63, 3.8) is 0 Å². The highest BCUT2D eigenvalue weighted by molar-refractivity contribution is 5.72. The van der Waals surface area contributed by atoms with Crippen molar-refractivity contribution in [1.82, 2.24) is 0 Å². The molecule has 0 saturated carbocycles. The van der Waals surface area contributed by atoms with Crippen molar-refractivity contribution in [2.24, 2.45) is 0 Å². The van der Waals surface area contributed by atoms with E-state index in [1.54, 1.807) is 0 Å². The Bertz CT molecular complexity index is 525. The summed E-state index contributed by atoms with van der Waals surface area (Å²) in [5.74, 6) is -2.10. The first kappa shape index (κ1) is 25.9. The summed E-state index contributed by atoms with van der Waals surface area (Å²) in [5.41, 5.74) is 0. The summed E-state index contributed by atoms with van der Waals surface area (Å²) < 4.78 is 27.3. The molecule has 1 rings (SSSR count). The molecule has 0 aromatic rings. The average molecular weight is 430 g/mol. The first-order valence-electron chi connectivity index (χ1n) is 10.8. The van der Waals surface area contributed by atoms with Crippen LogP contribution in [0, 0.1) is 0 Å². The van der Waals surface area contributed by atoms with Crippen molar-refractivity contribution in [1.29, 1.82) is 0 Å². The maximum absolute atomic E-state index is 12.2. The van der Waals surface area contributed by atoms with E-state index < -0.39 is 48.5 Å². The number of esters is 4. The predicted molar refractivity (Wildman–Crippen MR) is 105 cm³/mol. The van der Waals surface area contributed by atoms with Gasteiger partial charge in [-0.05, 0) is 25.7 Å². The number of rotatable bonds is 12. The molecule has 0 N–H and O–H groups in total. The highest BCUT2D eigenvalue weighted by Gasteiger charge is 2.49. The molecule has 0 aliphatic carbocycles. The second-order valence-corrected chi connectivity index (χ2v) is 7.13. The molecule has 1 fully saturated rings. The molecule has 4 atom stereocenters. The fourth-order valence-electron chi connectivity index (χ4n) is 2.87. The third-order valence-electron chi connectivity index (χ3n) is 4.27. The van der Waals surface area contributed by atoms with Gasteiger partial charge < -0.3 is 23.7 Å². The Hall–Kier alpha value is -2.16. The molecule has 9 nitrogen and oxygen atoms in total. The summed E-state index contributed by atoms with van der Waals surface area (Å²) in [6.07, 6.45) is -1.76. The molecule has 0 radical (unpaired) electrons. The molecule has 1 heterocycles. The van der Waals surface area contributed by atoms with Crippen LogP contribution in [0.25, 0.3) is 0 Å². The average Bonchev–Trinajstić information content (AvgIpc) is 2.67. The minimum atomic E-state index is -1.26. The summed E-state index contributed by atoms with van der Waals surface area (Å²) in [5, 5.41) is 0. The van der Waals surface area contributed by atoms with E-state index in [1.165, 1.54) is 0 Å². The Morgan fingerprint density at radius 1 is 0.633 bits per heavy atom. The van der Waals surface area contributed by atoms with Gasteiger partial charge in [-0.15, -0.1) is 0 Å². The fraction of sp³-hybridized carbons (Fsp3) is 0.810. The lowest BCUT2D eigenvalue weighted by molar-refractivity contribution is -0.275. The smallest absolute Gasteiger partial charge is 0.308 e. The molecular weight excluding hydrogens is 396 g/mol. The van der Waals surface area contributed by atoms with Gasteiger partial charge >= 0.3 is 23.9 Å². The molecule has 0 spiro atoms. The lowest BCUT2D eigenvalue weighted by Gasteiger charge is -2.40. The molecule has 4 unspecified atom stereocenters. The van der Waals surface area contributed by atoms with Crippen LogP contribution in [0.2, 0.25) is 0 Å². The predicted octanol–water partition coefficient (Wildman–Crippen LogP) is 2.82. The minimum absolute atomic E-state index is 0.127. The van der Waals surface area contributed by atoms with Crippen molar-refractivity contribution in [3.8, 4) is 0 Å². The van der Waals surface area contributed by atoms with Crippen molar-refractivity contribution in [3.05, 3.63) is 0 Å². The second kappa shape index (κ2) is 14.0. The van der Waals surface area contributed by atoms with Crippen LogP contribution >= 0.6 is 0 Å². The Morgan fingerprint density at radius 3 is 1.50 bits per heavy atom. The van der Waals surface area contributed by atoms with Gasteiger partial charge in [0.2, 0.25) is 12.4 Å². The van der Waals surface area contributed by atoms with E-state index in [9.17, 15) is 19.2 Å². The molecule has 9 heteroatoms. The minimum Gasteiger partial charge on any atom is -0.456 e. The van der Waals surface area contributed by atoms with Crippen LogP contribution in [-0.4, -0.2) is 55.1 Å². The summed E-state index contributed by atoms with van der Waals surface area (Å²) >= 11 is 0. The molecule has 1 saturated heterocycles. The van der Waals surface area contributed by atoms with Crippen molar-refractivity contribution in [2.75, 3.05) is 6.61 Å². The van der Waals surface area contributed by atoms with Crippen LogP contribution in [0.15, 0.2) is 0 Å². The first-order valence-corrected chi connectivity index (χ1v) is 10.8. The van der Waals surface area contributed by atoms with Crippen molar-refractivity contribution in [2.45, 2.75) is 104 Å². The molecule has 0 aromatic heterocycles. The highest BCUT2D eigenvalue weighted by Crippen LogP contribution is 2.26. The van der Waals surface area contributed by atoms with E-state index in [1.807, 2.05) is 27.7 Å². The highest BCUT2D eigenvalue weighted by atomic mass is 16.7. The molecule has 0 aromatic carbocycles. The Morgan fingerprint density at radius 2 is 1.03 bits per heavy atom. The fourth-order valence-corrected chi connectivity index (χ4v) is 2.87. The maximum Gasteiger partial charge on any atom is 0.308 e. The van der Waals surface area contributed by atoms with E-state index >= 15 is 0 Å². The molecule has 0 bridgehead atoms. The second-order valence-electron chi connectivity index (χ2n) is 7.13. The van der Waals surface area contributed by atoms with Crippen LogP contribution < -0.4 is 0 Å². The van der Waals surface area contributed by atoms with E-state index in [0.29, 0.717) is 25.7 Å². The van der Waals surface area contributed by atoms with Crippen LogP contribution in [0.4, 0.5) is 0 Å². The molecule has 1 aliphatic rings. The van der Waals surface area contributed by atoms with E-state index in [4.69, 9.17) is 23.7 Å². The normalized spacial score (nSPS) is 23.3. The number of hydrogen-bond donors (Lipinski definition) is 0. The molecule has 0 amide bonds. The maximum atomic E-state index is 12.2. The van der Waals surface area contributed by atoms with Gasteiger partial charge in [-0.1, -0.05) is 27.7 Å². The molecular formula is C21H34O9. The molecule has 30 heavy (non-hydrogen) atoms. The summed E-state index contributed by atoms with van der Waals surface area (Å²) in [4.78, 5) is 48.4. The zero-order valence-electron chi connectivity index (χ0n) is 18.3. The Balaban J connectivity index is 3.12. The lowest BCUT2D eigenvalue weighted by Crippen LogP contribution is -2.58. The number of carbonyl (C=O) groups is 4. The van der Waals surface area contributed by atoms with E-state index in [0.717, 1.165) is 0 Å². The molecule has 172 valence electrons. The van der Waals surface area contributed by atoms with E-state index in [2.05, 4.69) is 0 Å². The Labute approximate surface area is 177 Å². The van der Waals surface area contributed by atoms with Crippen molar-refractivity contribution < 1.29 is 42.9 Å². The van der Waals surface area contributed by atoms with Gasteiger partial charge in [0.25, 0.3) is 0 Å². The Kier molecular flexibility index (Phi) is 12.0. The number of ether oxygens (including phenoxy) is 5. The number of hydrogen-bond acceptors (Lipinski definition) is 9. The quantitative estimate of drug-likeness (QED) is 0.340. The van der Waals surface area contributed by atoms with Gasteiger partial charge in [0.05, 0.1) is 6.61 Å². The largest absolute Gasteiger partial charge is 0.456 e. The SMILES string of the molecule is CCCC(=O)OC1COC(OC(=O)CCC)C(OC(=O)CCC)C1OC(=O)CCC. The number of carbonyl (C=O) groups excluding carboxylic acids is 4. The van der Waals surface area contributed by atoms with Crippen LogP contribution in [0.3, 0.4) is 0 Å². The summed E-state index contributed by atoms with van der Waals surface area (Å²) in [7, 11) is 0. The zero-order chi connectivity index (χ0) is 22.5. The van der Waals surface area contributed by atoms with Gasteiger partial charge in [0.1, 0.15) is 0 Å². The summed E-state index contributed by atoms with van der Waals surface area (Å²) in [6.45, 7) is 7.12. The van der Waals surface area contributed by atoms with Crippen LogP contribution in [-0.2, 0) is 42.9 Å². The van der Waals surface area contributed by atoms with Gasteiger partial charge in [0.15, 0.2) is 12.2 Å².